The predicted octanol–water partition coefficient (Wildman–Crippen LogP) is 2.72. The number of carbonyl (C=O) groups is 1. The lowest BCUT2D eigenvalue weighted by atomic mass is 9.88. The molecule has 1 atom stereocenters. The van der Waals surface area contributed by atoms with Gasteiger partial charge in [-0.15, -0.1) is 0 Å². The van der Waals surface area contributed by atoms with Crippen molar-refractivity contribution in [1.82, 2.24) is 5.32 Å². The Bertz CT molecular complexity index is 435. The van der Waals surface area contributed by atoms with E-state index in [1.165, 1.54) is 0 Å². The van der Waals surface area contributed by atoms with Crippen LogP contribution in [0.4, 0.5) is 0 Å². The van der Waals surface area contributed by atoms with Gasteiger partial charge < -0.3 is 5.32 Å². The van der Waals surface area contributed by atoms with Gasteiger partial charge in [-0.05, 0) is 36.6 Å². The molecule has 1 unspecified atom stereocenters. The van der Waals surface area contributed by atoms with Gasteiger partial charge in [-0.3, -0.25) is 4.79 Å². The highest BCUT2D eigenvalue weighted by Gasteiger charge is 2.21. The molecule has 0 bridgehead atoms. The van der Waals surface area contributed by atoms with Gasteiger partial charge in [0.15, 0.2) is 0 Å². The standard InChI is InChI=1S/C14H18N2O/c1-10(14(2,3)4)16-13(17)12-7-5-11(9-15)6-8-12/h5-8,10H,1-4H3,(H,16,17). The molecular formula is C14H18N2O. The van der Waals surface area contributed by atoms with Gasteiger partial charge in [0, 0.05) is 11.6 Å². The average molecular weight is 230 g/mol. The lowest BCUT2D eigenvalue weighted by Crippen LogP contribution is -2.41. The molecule has 0 fully saturated rings. The quantitative estimate of drug-likeness (QED) is 0.849. The molecule has 1 rings (SSSR count). The minimum Gasteiger partial charge on any atom is -0.349 e. The van der Waals surface area contributed by atoms with Crippen molar-refractivity contribution in [3.05, 3.63) is 35.4 Å². The fourth-order valence-electron chi connectivity index (χ4n) is 1.19. The Hall–Kier alpha value is -1.82. The first kappa shape index (κ1) is 13.2. The first-order valence-corrected chi connectivity index (χ1v) is 5.65. The van der Waals surface area contributed by atoms with Gasteiger partial charge in [0.1, 0.15) is 0 Å². The van der Waals surface area contributed by atoms with Gasteiger partial charge in [-0.1, -0.05) is 20.8 Å². The fraction of sp³-hybridized carbons (Fsp3) is 0.429. The lowest BCUT2D eigenvalue weighted by Gasteiger charge is -2.28. The molecule has 0 saturated carbocycles. The molecule has 3 nitrogen and oxygen atoms in total. The van der Waals surface area contributed by atoms with Crippen LogP contribution in [-0.2, 0) is 0 Å². The van der Waals surface area contributed by atoms with Crippen LogP contribution in [0.3, 0.4) is 0 Å². The number of nitriles is 1. The molecule has 1 N–H and O–H groups in total. The summed E-state index contributed by atoms with van der Waals surface area (Å²) in [5, 5.41) is 11.6. The average Bonchev–Trinajstić information content (AvgIpc) is 2.27. The summed E-state index contributed by atoms with van der Waals surface area (Å²) in [5.41, 5.74) is 1.17. The summed E-state index contributed by atoms with van der Waals surface area (Å²) in [7, 11) is 0. The molecule has 0 radical (unpaired) electrons. The normalized spacial score (nSPS) is 12.6. The monoisotopic (exact) mass is 230 g/mol. The predicted molar refractivity (Wildman–Crippen MR) is 67.5 cm³/mol. The van der Waals surface area contributed by atoms with Gasteiger partial charge in [0.25, 0.3) is 5.91 Å². The number of amides is 1. The number of nitrogens with zero attached hydrogens (tertiary/aromatic N) is 1. The largest absolute Gasteiger partial charge is 0.349 e. The van der Waals surface area contributed by atoms with Crippen molar-refractivity contribution in [3.63, 3.8) is 0 Å². The molecule has 0 aromatic heterocycles. The molecule has 1 amide bonds. The summed E-state index contributed by atoms with van der Waals surface area (Å²) < 4.78 is 0. The van der Waals surface area contributed by atoms with Crippen molar-refractivity contribution in [2.75, 3.05) is 0 Å². The maximum atomic E-state index is 11.9. The fourth-order valence-corrected chi connectivity index (χ4v) is 1.19. The number of benzene rings is 1. The van der Waals surface area contributed by atoms with Crippen LogP contribution in [0.1, 0.15) is 43.6 Å². The highest BCUT2D eigenvalue weighted by atomic mass is 16.1. The van der Waals surface area contributed by atoms with E-state index in [-0.39, 0.29) is 17.4 Å². The van der Waals surface area contributed by atoms with Crippen molar-refractivity contribution >= 4 is 5.91 Å². The van der Waals surface area contributed by atoms with E-state index in [4.69, 9.17) is 5.26 Å². The lowest BCUT2D eigenvalue weighted by molar-refractivity contribution is 0.0910. The zero-order valence-electron chi connectivity index (χ0n) is 10.7. The van der Waals surface area contributed by atoms with Gasteiger partial charge in [-0.2, -0.15) is 5.26 Å². The number of nitrogens with one attached hydrogen (secondary N) is 1. The van der Waals surface area contributed by atoms with Crippen LogP contribution in [0.15, 0.2) is 24.3 Å². The second-order valence-electron chi connectivity index (χ2n) is 5.25. The van der Waals surface area contributed by atoms with Crippen molar-refractivity contribution in [2.45, 2.75) is 33.7 Å². The molecule has 0 spiro atoms. The van der Waals surface area contributed by atoms with Crippen LogP contribution < -0.4 is 5.32 Å². The molecule has 0 saturated heterocycles. The smallest absolute Gasteiger partial charge is 0.251 e. The van der Waals surface area contributed by atoms with Gasteiger partial charge in [-0.25, -0.2) is 0 Å². The number of hydrogen-bond acceptors (Lipinski definition) is 2. The van der Waals surface area contributed by atoms with Crippen LogP contribution in [0.2, 0.25) is 0 Å². The Morgan fingerprint density at radius 3 is 2.24 bits per heavy atom. The Labute approximate surface area is 102 Å². The zero-order valence-corrected chi connectivity index (χ0v) is 10.7. The van der Waals surface area contributed by atoms with Gasteiger partial charge >= 0.3 is 0 Å². The molecular weight excluding hydrogens is 212 g/mol. The van der Waals surface area contributed by atoms with Crippen molar-refractivity contribution in [2.24, 2.45) is 5.41 Å². The van der Waals surface area contributed by atoms with Crippen LogP contribution in [-0.4, -0.2) is 11.9 Å². The zero-order chi connectivity index (χ0) is 13.1. The summed E-state index contributed by atoms with van der Waals surface area (Å²) in [5.74, 6) is -0.100. The number of rotatable bonds is 2. The van der Waals surface area contributed by atoms with E-state index in [1.807, 2.05) is 13.0 Å². The molecule has 17 heavy (non-hydrogen) atoms. The third-order valence-electron chi connectivity index (χ3n) is 2.92. The van der Waals surface area contributed by atoms with E-state index >= 15 is 0 Å². The van der Waals surface area contributed by atoms with Crippen molar-refractivity contribution < 1.29 is 4.79 Å². The maximum absolute atomic E-state index is 11.9. The van der Waals surface area contributed by atoms with Crippen LogP contribution >= 0.6 is 0 Å². The third-order valence-corrected chi connectivity index (χ3v) is 2.92. The minimum atomic E-state index is -0.100. The molecule has 0 aliphatic carbocycles. The first-order valence-electron chi connectivity index (χ1n) is 5.65. The van der Waals surface area contributed by atoms with E-state index in [9.17, 15) is 4.79 Å². The summed E-state index contributed by atoms with van der Waals surface area (Å²) in [6.45, 7) is 8.23. The van der Waals surface area contributed by atoms with Crippen LogP contribution in [0.5, 0.6) is 0 Å². The van der Waals surface area contributed by atoms with E-state index < -0.39 is 0 Å². The SMILES string of the molecule is CC(NC(=O)c1ccc(C#N)cc1)C(C)(C)C. The molecule has 0 heterocycles. The van der Waals surface area contributed by atoms with E-state index in [2.05, 4.69) is 26.1 Å². The third kappa shape index (κ3) is 3.60. The molecule has 3 heteroatoms. The number of carbonyl (C=O) groups excluding carboxylic acids is 1. The number of hydrogen-bond donors (Lipinski definition) is 1. The van der Waals surface area contributed by atoms with E-state index in [0.29, 0.717) is 11.1 Å². The Balaban J connectivity index is 2.74. The van der Waals surface area contributed by atoms with E-state index in [0.717, 1.165) is 0 Å². The molecule has 0 aliphatic rings. The highest BCUT2D eigenvalue weighted by Crippen LogP contribution is 2.18. The minimum absolute atomic E-state index is 0.0300. The topological polar surface area (TPSA) is 52.9 Å². The molecule has 0 aliphatic heterocycles. The van der Waals surface area contributed by atoms with Gasteiger partial charge in [0.2, 0.25) is 0 Å². The first-order chi connectivity index (χ1) is 7.84. The molecule has 1 aromatic rings. The second kappa shape index (κ2) is 5.01. The van der Waals surface area contributed by atoms with Crippen molar-refractivity contribution in [3.8, 4) is 6.07 Å². The highest BCUT2D eigenvalue weighted by molar-refractivity contribution is 5.94. The summed E-state index contributed by atoms with van der Waals surface area (Å²) in [6, 6.07) is 8.75. The molecule has 1 aromatic carbocycles. The Morgan fingerprint density at radius 1 is 1.29 bits per heavy atom. The summed E-state index contributed by atoms with van der Waals surface area (Å²) in [6.07, 6.45) is 0. The van der Waals surface area contributed by atoms with Gasteiger partial charge in [0.05, 0.1) is 11.6 Å². The summed E-state index contributed by atoms with van der Waals surface area (Å²) >= 11 is 0. The Kier molecular flexibility index (Phi) is 3.90. The van der Waals surface area contributed by atoms with Crippen LogP contribution in [0.25, 0.3) is 0 Å². The summed E-state index contributed by atoms with van der Waals surface area (Å²) in [4.78, 5) is 11.9. The maximum Gasteiger partial charge on any atom is 0.251 e. The Morgan fingerprint density at radius 2 is 1.82 bits per heavy atom. The second-order valence-corrected chi connectivity index (χ2v) is 5.25. The van der Waals surface area contributed by atoms with Crippen molar-refractivity contribution in [1.29, 1.82) is 5.26 Å². The van der Waals surface area contributed by atoms with E-state index in [1.54, 1.807) is 24.3 Å². The molecule has 90 valence electrons. The van der Waals surface area contributed by atoms with Crippen LogP contribution in [0, 0.1) is 16.7 Å².